The van der Waals surface area contributed by atoms with Crippen LogP contribution in [0.3, 0.4) is 0 Å². The molecule has 3 aromatic rings. The van der Waals surface area contributed by atoms with E-state index in [1.807, 2.05) is 18.2 Å². The molecule has 0 unspecified atom stereocenters. The molecule has 6 heteroatoms. The third-order valence-corrected chi connectivity index (χ3v) is 4.79. The number of fused-ring (bicyclic) bond motifs is 2. The van der Waals surface area contributed by atoms with E-state index in [1.165, 1.54) is 6.20 Å². The Morgan fingerprint density at radius 2 is 1.96 bits per heavy atom. The van der Waals surface area contributed by atoms with Crippen molar-refractivity contribution in [3.8, 4) is 11.1 Å². The zero-order chi connectivity index (χ0) is 17.8. The van der Waals surface area contributed by atoms with Gasteiger partial charge in [-0.15, -0.1) is 0 Å². The quantitative estimate of drug-likeness (QED) is 0.723. The van der Waals surface area contributed by atoms with Crippen LogP contribution in [-0.2, 0) is 6.54 Å². The molecule has 26 heavy (non-hydrogen) atoms. The fourth-order valence-electron chi connectivity index (χ4n) is 3.45. The fraction of sp³-hybridized carbons (Fsp3) is 0.0500. The topological polar surface area (TPSA) is 72.1 Å². The Balaban J connectivity index is 1.75. The van der Waals surface area contributed by atoms with Gasteiger partial charge in [0.2, 0.25) is 5.95 Å². The molecule has 1 aromatic carbocycles. The van der Waals surface area contributed by atoms with Crippen molar-refractivity contribution in [2.75, 3.05) is 5.73 Å². The number of pyridine rings is 2. The van der Waals surface area contributed by atoms with E-state index in [1.54, 1.807) is 35.2 Å². The van der Waals surface area contributed by atoms with Crippen molar-refractivity contribution < 1.29 is 9.18 Å². The number of carbonyl (C=O) groups excluding carboxylic acids is 1. The largest absolute Gasteiger partial charge is 0.397 e. The number of amides is 1. The summed E-state index contributed by atoms with van der Waals surface area (Å²) in [6, 6.07) is 8.70. The van der Waals surface area contributed by atoms with Crippen LogP contribution in [-0.4, -0.2) is 20.8 Å². The van der Waals surface area contributed by atoms with Gasteiger partial charge < -0.3 is 10.6 Å². The number of anilines is 1. The summed E-state index contributed by atoms with van der Waals surface area (Å²) in [6.07, 6.45) is 7.02. The molecule has 2 aliphatic rings. The van der Waals surface area contributed by atoms with Crippen molar-refractivity contribution in [1.82, 2.24) is 14.9 Å². The zero-order valence-electron chi connectivity index (χ0n) is 13.6. The molecule has 3 heterocycles. The Kier molecular flexibility index (Phi) is 2.97. The number of halogens is 1. The Labute approximate surface area is 148 Å². The molecule has 0 saturated heterocycles. The first-order chi connectivity index (χ1) is 12.6. The van der Waals surface area contributed by atoms with Gasteiger partial charge in [0.1, 0.15) is 0 Å². The minimum Gasteiger partial charge on any atom is -0.397 e. The van der Waals surface area contributed by atoms with Gasteiger partial charge in [-0.3, -0.25) is 4.79 Å². The first kappa shape index (κ1) is 14.8. The minimum atomic E-state index is -0.566. The van der Waals surface area contributed by atoms with Gasteiger partial charge in [-0.2, -0.15) is 4.39 Å². The number of rotatable bonds is 2. The van der Waals surface area contributed by atoms with Gasteiger partial charge in [-0.1, -0.05) is 24.3 Å². The molecular weight excluding hydrogens is 331 g/mol. The highest BCUT2D eigenvalue weighted by atomic mass is 19.1. The lowest BCUT2D eigenvalue weighted by Crippen LogP contribution is -2.24. The number of nitrogen functional groups attached to an aromatic ring is 1. The van der Waals surface area contributed by atoms with Crippen LogP contribution >= 0.6 is 0 Å². The molecule has 0 atom stereocenters. The van der Waals surface area contributed by atoms with E-state index in [9.17, 15) is 9.18 Å². The molecule has 1 aliphatic heterocycles. The second-order valence-electron chi connectivity index (χ2n) is 6.23. The molecule has 2 N–H and O–H groups in total. The van der Waals surface area contributed by atoms with Crippen molar-refractivity contribution >= 4 is 22.5 Å². The lowest BCUT2D eigenvalue weighted by atomic mass is 10.00. The first-order valence-corrected chi connectivity index (χ1v) is 8.17. The lowest BCUT2D eigenvalue weighted by Gasteiger charge is -2.19. The van der Waals surface area contributed by atoms with Crippen LogP contribution < -0.4 is 5.73 Å². The van der Waals surface area contributed by atoms with Crippen LogP contribution in [0.15, 0.2) is 60.5 Å². The fourth-order valence-corrected chi connectivity index (χ4v) is 3.45. The Morgan fingerprint density at radius 1 is 1.15 bits per heavy atom. The van der Waals surface area contributed by atoms with Crippen molar-refractivity contribution in [1.29, 1.82) is 0 Å². The summed E-state index contributed by atoms with van der Waals surface area (Å²) in [4.78, 5) is 22.8. The second-order valence-corrected chi connectivity index (χ2v) is 6.23. The summed E-state index contributed by atoms with van der Waals surface area (Å²) in [6.45, 7) is 0.355. The van der Waals surface area contributed by atoms with E-state index in [0.29, 0.717) is 45.5 Å². The molecule has 0 spiro atoms. The predicted octanol–water partition coefficient (Wildman–Crippen LogP) is 3.43. The molecule has 2 aromatic heterocycles. The Morgan fingerprint density at radius 3 is 2.69 bits per heavy atom. The molecule has 5 rings (SSSR count). The molecule has 0 radical (unpaired) electrons. The number of para-hydroxylation sites is 1. The van der Waals surface area contributed by atoms with Crippen molar-refractivity contribution in [3.05, 3.63) is 77.7 Å². The molecule has 0 saturated carbocycles. The molecule has 0 bridgehead atoms. The standard InChI is InChI=1S/C20H13FN4O/c21-19-13(8-3-9-23-19)12-6-2-7-14-17(22)16-15(24-18(12)14)10-25(20(16)26)11-4-1-5-11/h1-9H,10H2,(H2,22,24). The van der Waals surface area contributed by atoms with Gasteiger partial charge in [-0.25, -0.2) is 9.97 Å². The van der Waals surface area contributed by atoms with Crippen LogP contribution in [0.4, 0.5) is 10.1 Å². The van der Waals surface area contributed by atoms with E-state index in [4.69, 9.17) is 5.73 Å². The summed E-state index contributed by atoms with van der Waals surface area (Å²) in [7, 11) is 0. The number of nitrogens with two attached hydrogens (primary N) is 1. The maximum Gasteiger partial charge on any atom is 0.262 e. The zero-order valence-corrected chi connectivity index (χ0v) is 13.6. The Hall–Kier alpha value is -3.54. The highest BCUT2D eigenvalue weighted by molar-refractivity contribution is 6.12. The maximum atomic E-state index is 14.2. The monoisotopic (exact) mass is 344 g/mol. The van der Waals surface area contributed by atoms with Crippen LogP contribution in [0.1, 0.15) is 16.1 Å². The Bertz CT molecular complexity index is 1170. The molecule has 0 fully saturated rings. The van der Waals surface area contributed by atoms with E-state index in [2.05, 4.69) is 9.97 Å². The first-order valence-electron chi connectivity index (χ1n) is 8.17. The third-order valence-electron chi connectivity index (χ3n) is 4.79. The molecular formula is C20H13FN4O. The van der Waals surface area contributed by atoms with Gasteiger partial charge in [0.05, 0.1) is 29.0 Å². The van der Waals surface area contributed by atoms with E-state index >= 15 is 0 Å². The van der Waals surface area contributed by atoms with Gasteiger partial charge in [0.15, 0.2) is 0 Å². The summed E-state index contributed by atoms with van der Waals surface area (Å²) in [5, 5.41) is 0.637. The maximum absolute atomic E-state index is 14.2. The predicted molar refractivity (Wildman–Crippen MR) is 96.4 cm³/mol. The highest BCUT2D eigenvalue weighted by Crippen LogP contribution is 2.38. The average Bonchev–Trinajstić information content (AvgIpc) is 2.91. The van der Waals surface area contributed by atoms with Crippen LogP contribution in [0.25, 0.3) is 22.0 Å². The van der Waals surface area contributed by atoms with Gasteiger partial charge >= 0.3 is 0 Å². The number of hydrogen-bond acceptors (Lipinski definition) is 4. The van der Waals surface area contributed by atoms with E-state index < -0.39 is 5.95 Å². The summed E-state index contributed by atoms with van der Waals surface area (Å²) < 4.78 is 14.2. The van der Waals surface area contributed by atoms with Crippen molar-refractivity contribution in [3.63, 3.8) is 0 Å². The highest BCUT2D eigenvalue weighted by Gasteiger charge is 2.34. The van der Waals surface area contributed by atoms with Crippen LogP contribution in [0, 0.1) is 5.95 Å². The van der Waals surface area contributed by atoms with Gasteiger partial charge in [-0.05, 0) is 24.3 Å². The van der Waals surface area contributed by atoms with E-state index in [0.717, 1.165) is 5.70 Å². The third kappa shape index (κ3) is 1.92. The average molecular weight is 344 g/mol. The molecule has 1 amide bonds. The van der Waals surface area contributed by atoms with Crippen LogP contribution in [0.2, 0.25) is 0 Å². The number of allylic oxidation sites excluding steroid dienone is 3. The summed E-state index contributed by atoms with van der Waals surface area (Å²) in [5.74, 6) is -0.719. The normalized spacial score (nSPS) is 15.2. The molecule has 1 aliphatic carbocycles. The number of benzene rings is 1. The lowest BCUT2D eigenvalue weighted by molar-refractivity contribution is 0.0831. The van der Waals surface area contributed by atoms with Crippen LogP contribution in [0.5, 0.6) is 0 Å². The smallest absolute Gasteiger partial charge is 0.262 e. The summed E-state index contributed by atoms with van der Waals surface area (Å²) >= 11 is 0. The van der Waals surface area contributed by atoms with E-state index in [-0.39, 0.29) is 5.91 Å². The summed E-state index contributed by atoms with van der Waals surface area (Å²) in [5.41, 5.74) is 10.1. The second kappa shape index (κ2) is 5.23. The van der Waals surface area contributed by atoms with Gasteiger partial charge in [0, 0.05) is 28.4 Å². The number of hydrogen-bond donors (Lipinski definition) is 1. The minimum absolute atomic E-state index is 0.152. The van der Waals surface area contributed by atoms with Crippen molar-refractivity contribution in [2.24, 2.45) is 0 Å². The molecule has 126 valence electrons. The van der Waals surface area contributed by atoms with Crippen molar-refractivity contribution in [2.45, 2.75) is 6.54 Å². The SMILES string of the molecule is Nc1c2c(nc3c(-c4cccnc4F)cccc13)CN(C1=CC=C1)C2=O. The number of aromatic nitrogens is 2. The number of carbonyl (C=O) groups is 1. The number of nitrogens with zero attached hydrogens (tertiary/aromatic N) is 3. The van der Waals surface area contributed by atoms with Gasteiger partial charge in [0.25, 0.3) is 5.91 Å². The molecule has 5 nitrogen and oxygen atoms in total.